The second-order valence-corrected chi connectivity index (χ2v) is 6.08. The van der Waals surface area contributed by atoms with Crippen molar-refractivity contribution in [2.45, 2.75) is 13.0 Å². The van der Waals surface area contributed by atoms with Crippen LogP contribution in [0.3, 0.4) is 0 Å². The van der Waals surface area contributed by atoms with Crippen molar-refractivity contribution in [1.29, 1.82) is 5.26 Å². The first-order valence-corrected chi connectivity index (χ1v) is 8.09. The summed E-state index contributed by atoms with van der Waals surface area (Å²) >= 11 is 0. The molecule has 5 heteroatoms. The Morgan fingerprint density at radius 2 is 2.29 bits per heavy atom. The molecule has 5 nitrogen and oxygen atoms in total. The van der Waals surface area contributed by atoms with E-state index >= 15 is 0 Å². The van der Waals surface area contributed by atoms with Crippen LogP contribution in [0.25, 0.3) is 22.2 Å². The van der Waals surface area contributed by atoms with E-state index in [1.165, 1.54) is 0 Å². The Labute approximate surface area is 140 Å². The number of ether oxygens (including phenoxy) is 1. The number of aromatic amines is 1. The van der Waals surface area contributed by atoms with Gasteiger partial charge in [0.1, 0.15) is 5.65 Å². The van der Waals surface area contributed by atoms with E-state index in [1.807, 2.05) is 36.7 Å². The number of benzene rings is 1. The second-order valence-electron chi connectivity index (χ2n) is 6.08. The van der Waals surface area contributed by atoms with Crippen LogP contribution >= 0.6 is 0 Å². The molecule has 0 saturated carbocycles. The fourth-order valence-electron chi connectivity index (χ4n) is 3.32. The fourth-order valence-corrected chi connectivity index (χ4v) is 3.32. The molecule has 120 valence electrons. The third-order valence-corrected chi connectivity index (χ3v) is 4.44. The van der Waals surface area contributed by atoms with Gasteiger partial charge in [0.2, 0.25) is 0 Å². The Balaban J connectivity index is 1.87. The van der Waals surface area contributed by atoms with Crippen LogP contribution in [0.5, 0.6) is 0 Å². The van der Waals surface area contributed by atoms with Gasteiger partial charge in [-0.1, -0.05) is 12.1 Å². The second kappa shape index (κ2) is 5.99. The van der Waals surface area contributed by atoms with Gasteiger partial charge in [-0.25, -0.2) is 4.98 Å². The number of hydrogen-bond donors (Lipinski definition) is 1. The van der Waals surface area contributed by atoms with Gasteiger partial charge in [-0.2, -0.15) is 5.26 Å². The Kier molecular flexibility index (Phi) is 3.68. The zero-order chi connectivity index (χ0) is 16.5. The summed E-state index contributed by atoms with van der Waals surface area (Å²) in [5, 5.41) is 10.3. The number of H-pyrrole nitrogens is 1. The highest BCUT2D eigenvalue weighted by Gasteiger charge is 2.21. The van der Waals surface area contributed by atoms with Crippen molar-refractivity contribution in [3.05, 3.63) is 48.3 Å². The smallest absolute Gasteiger partial charge is 0.139 e. The predicted octanol–water partition coefficient (Wildman–Crippen LogP) is 3.33. The molecule has 1 aromatic carbocycles. The van der Waals surface area contributed by atoms with Crippen molar-refractivity contribution in [3.63, 3.8) is 0 Å². The van der Waals surface area contributed by atoms with Gasteiger partial charge in [0.15, 0.2) is 0 Å². The van der Waals surface area contributed by atoms with Crippen LogP contribution in [0.4, 0.5) is 5.69 Å². The molecule has 0 amide bonds. The van der Waals surface area contributed by atoms with Gasteiger partial charge in [0, 0.05) is 36.4 Å². The quantitative estimate of drug-likeness (QED) is 0.787. The van der Waals surface area contributed by atoms with Crippen molar-refractivity contribution in [3.8, 4) is 17.2 Å². The highest BCUT2D eigenvalue weighted by Crippen LogP contribution is 2.35. The Morgan fingerprint density at radius 3 is 3.12 bits per heavy atom. The maximum absolute atomic E-state index is 9.17. The lowest BCUT2D eigenvalue weighted by Crippen LogP contribution is -2.41. The van der Waals surface area contributed by atoms with E-state index in [4.69, 9.17) is 10.00 Å². The normalized spacial score (nSPS) is 17.8. The summed E-state index contributed by atoms with van der Waals surface area (Å²) in [6.45, 7) is 4.56. The molecule has 1 atom stereocenters. The van der Waals surface area contributed by atoms with Gasteiger partial charge < -0.3 is 14.6 Å². The number of hydrogen-bond acceptors (Lipinski definition) is 4. The first-order valence-electron chi connectivity index (χ1n) is 8.09. The standard InChI is InChI=1S/C19H18N4O/c1-13-12-23(7-8-24-13)17-5-6-21-19-18(17)16(11-22-19)15-4-2-3-14(9-15)10-20/h2-6,9,11,13H,7-8,12H2,1H3,(H,21,22)/t13-/m1/s1. The maximum Gasteiger partial charge on any atom is 0.139 e. The van der Waals surface area contributed by atoms with Gasteiger partial charge in [0.25, 0.3) is 0 Å². The molecule has 0 bridgehead atoms. The molecule has 24 heavy (non-hydrogen) atoms. The SMILES string of the molecule is C[C@@H]1CN(c2ccnc3[nH]cc(-c4cccc(C#N)c4)c23)CCO1. The maximum atomic E-state index is 9.17. The molecule has 0 radical (unpaired) electrons. The zero-order valence-corrected chi connectivity index (χ0v) is 13.5. The third kappa shape index (κ3) is 2.51. The molecule has 1 saturated heterocycles. The van der Waals surface area contributed by atoms with Crippen LogP contribution in [0.2, 0.25) is 0 Å². The number of nitrogens with one attached hydrogen (secondary N) is 1. The molecule has 4 rings (SSSR count). The van der Waals surface area contributed by atoms with Crippen LogP contribution in [0, 0.1) is 11.3 Å². The lowest BCUT2D eigenvalue weighted by Gasteiger charge is -2.33. The van der Waals surface area contributed by atoms with Gasteiger partial charge >= 0.3 is 0 Å². The van der Waals surface area contributed by atoms with E-state index in [0.29, 0.717) is 5.56 Å². The molecule has 2 aromatic heterocycles. The zero-order valence-electron chi connectivity index (χ0n) is 13.5. The van der Waals surface area contributed by atoms with Crippen LogP contribution in [0.15, 0.2) is 42.7 Å². The summed E-state index contributed by atoms with van der Waals surface area (Å²) in [7, 11) is 0. The number of fused-ring (bicyclic) bond motifs is 1. The lowest BCUT2D eigenvalue weighted by molar-refractivity contribution is 0.0533. The number of nitrogens with zero attached hydrogens (tertiary/aromatic N) is 3. The first-order chi connectivity index (χ1) is 11.8. The van der Waals surface area contributed by atoms with E-state index < -0.39 is 0 Å². The minimum absolute atomic E-state index is 0.214. The van der Waals surface area contributed by atoms with E-state index in [0.717, 1.165) is 47.5 Å². The number of morpholine rings is 1. The van der Waals surface area contributed by atoms with Crippen molar-refractivity contribution < 1.29 is 4.74 Å². The average Bonchev–Trinajstić information content (AvgIpc) is 3.06. The van der Waals surface area contributed by atoms with Crippen molar-refractivity contribution in [1.82, 2.24) is 9.97 Å². The van der Waals surface area contributed by atoms with Crippen molar-refractivity contribution >= 4 is 16.7 Å². The summed E-state index contributed by atoms with van der Waals surface area (Å²) < 4.78 is 5.67. The van der Waals surface area contributed by atoms with Crippen LogP contribution in [-0.2, 0) is 4.74 Å². The van der Waals surface area contributed by atoms with Gasteiger partial charge in [-0.15, -0.1) is 0 Å². The lowest BCUT2D eigenvalue weighted by atomic mass is 10.0. The molecule has 1 aliphatic heterocycles. The van der Waals surface area contributed by atoms with E-state index in [2.05, 4.69) is 33.9 Å². The molecule has 3 aromatic rings. The Bertz CT molecular complexity index is 925. The monoisotopic (exact) mass is 318 g/mol. The number of pyridine rings is 1. The molecule has 1 N–H and O–H groups in total. The van der Waals surface area contributed by atoms with E-state index in [9.17, 15) is 0 Å². The molecule has 0 unspecified atom stereocenters. The molecule has 1 aliphatic rings. The summed E-state index contributed by atoms with van der Waals surface area (Å²) in [5.74, 6) is 0. The number of aromatic nitrogens is 2. The minimum Gasteiger partial charge on any atom is -0.375 e. The van der Waals surface area contributed by atoms with Gasteiger partial charge in [0.05, 0.1) is 30.0 Å². The largest absolute Gasteiger partial charge is 0.375 e. The number of rotatable bonds is 2. The molecule has 1 fully saturated rings. The average molecular weight is 318 g/mol. The Morgan fingerprint density at radius 1 is 1.38 bits per heavy atom. The highest BCUT2D eigenvalue weighted by molar-refractivity contribution is 6.02. The van der Waals surface area contributed by atoms with Crippen LogP contribution < -0.4 is 4.90 Å². The van der Waals surface area contributed by atoms with Gasteiger partial charge in [-0.3, -0.25) is 0 Å². The number of anilines is 1. The number of nitriles is 1. The summed E-state index contributed by atoms with van der Waals surface area (Å²) in [4.78, 5) is 10.1. The Hall–Kier alpha value is -2.84. The third-order valence-electron chi connectivity index (χ3n) is 4.44. The van der Waals surface area contributed by atoms with E-state index in [1.54, 1.807) is 0 Å². The topological polar surface area (TPSA) is 64.9 Å². The minimum atomic E-state index is 0.214. The van der Waals surface area contributed by atoms with E-state index in [-0.39, 0.29) is 6.10 Å². The summed E-state index contributed by atoms with van der Waals surface area (Å²) in [6.07, 6.45) is 4.02. The van der Waals surface area contributed by atoms with Crippen molar-refractivity contribution in [2.24, 2.45) is 0 Å². The van der Waals surface area contributed by atoms with Crippen molar-refractivity contribution in [2.75, 3.05) is 24.6 Å². The fraction of sp³-hybridized carbons (Fsp3) is 0.263. The molecule has 3 heterocycles. The van der Waals surface area contributed by atoms with Crippen LogP contribution in [0.1, 0.15) is 12.5 Å². The summed E-state index contributed by atoms with van der Waals surface area (Å²) in [5.41, 5.74) is 4.78. The molecular formula is C19H18N4O. The summed E-state index contributed by atoms with van der Waals surface area (Å²) in [6, 6.07) is 12.0. The molecule has 0 spiro atoms. The molecule has 0 aliphatic carbocycles. The van der Waals surface area contributed by atoms with Gasteiger partial charge in [-0.05, 0) is 30.7 Å². The highest BCUT2D eigenvalue weighted by atomic mass is 16.5. The molecular weight excluding hydrogens is 300 g/mol. The predicted molar refractivity (Wildman–Crippen MR) is 93.9 cm³/mol. The van der Waals surface area contributed by atoms with Crippen LogP contribution in [-0.4, -0.2) is 35.8 Å². The first kappa shape index (κ1) is 14.7.